The van der Waals surface area contributed by atoms with Gasteiger partial charge in [0.25, 0.3) is 0 Å². The van der Waals surface area contributed by atoms with E-state index in [1.807, 2.05) is 31.2 Å². The van der Waals surface area contributed by atoms with Crippen molar-refractivity contribution < 1.29 is 13.6 Å². The Hall–Kier alpha value is -2.03. The zero-order valence-electron chi connectivity index (χ0n) is 10.6. The maximum absolute atomic E-state index is 13.0. The molecule has 0 atom stereocenters. The van der Waals surface area contributed by atoms with E-state index in [0.717, 1.165) is 17.2 Å². The van der Waals surface area contributed by atoms with Gasteiger partial charge < -0.3 is 0 Å². The van der Waals surface area contributed by atoms with Crippen LogP contribution >= 0.6 is 0 Å². The third-order valence-electron chi connectivity index (χ3n) is 2.97. The highest BCUT2D eigenvalue weighted by molar-refractivity contribution is 5.83. The molecule has 1 nitrogen and oxygen atoms in total. The van der Waals surface area contributed by atoms with Crippen LogP contribution in [0.25, 0.3) is 0 Å². The summed E-state index contributed by atoms with van der Waals surface area (Å²) in [4.78, 5) is 11.9. The van der Waals surface area contributed by atoms with Crippen molar-refractivity contribution in [2.24, 2.45) is 0 Å². The minimum absolute atomic E-state index is 0.0447. The average Bonchev–Trinajstić information content (AvgIpc) is 2.30. The average molecular weight is 260 g/mol. The molecule has 3 heteroatoms. The molecule has 0 aliphatic heterocycles. The quantitative estimate of drug-likeness (QED) is 0.820. The number of hydrogen-bond acceptors (Lipinski definition) is 1. The maximum atomic E-state index is 13.0. The van der Waals surface area contributed by atoms with Crippen molar-refractivity contribution in [3.8, 4) is 0 Å². The first-order valence-electron chi connectivity index (χ1n) is 6.06. The van der Waals surface area contributed by atoms with Crippen LogP contribution in [0.5, 0.6) is 0 Å². The van der Waals surface area contributed by atoms with Crippen LogP contribution < -0.4 is 0 Å². The van der Waals surface area contributed by atoms with Gasteiger partial charge in [-0.05, 0) is 35.7 Å². The van der Waals surface area contributed by atoms with E-state index in [1.54, 1.807) is 0 Å². The summed E-state index contributed by atoms with van der Waals surface area (Å²) in [5, 5.41) is 0. The molecule has 0 saturated heterocycles. The molecule has 0 aliphatic rings. The lowest BCUT2D eigenvalue weighted by molar-refractivity contribution is -0.117. The second-order valence-corrected chi connectivity index (χ2v) is 4.60. The van der Waals surface area contributed by atoms with Gasteiger partial charge >= 0.3 is 0 Å². The fraction of sp³-hybridized carbons (Fsp3) is 0.188. The summed E-state index contributed by atoms with van der Waals surface area (Å²) < 4.78 is 26.0. The molecule has 2 rings (SSSR count). The standard InChI is InChI=1S/C16H14F2O/c1-11-4-2-3-5-13(11)9-16(19)8-12-6-14(17)10-15(18)7-12/h2-7,10H,8-9H2,1H3. The van der Waals surface area contributed by atoms with Crippen LogP contribution in [-0.2, 0) is 17.6 Å². The SMILES string of the molecule is Cc1ccccc1CC(=O)Cc1cc(F)cc(F)c1. The molecular formula is C16H14F2O. The number of carbonyl (C=O) groups is 1. The molecule has 0 radical (unpaired) electrons. The number of halogens is 2. The predicted molar refractivity (Wildman–Crippen MR) is 70.0 cm³/mol. The second-order valence-electron chi connectivity index (χ2n) is 4.60. The highest BCUT2D eigenvalue weighted by Gasteiger charge is 2.09. The molecule has 0 saturated carbocycles. The summed E-state index contributed by atoms with van der Waals surface area (Å²) in [6.07, 6.45) is 0.327. The number of benzene rings is 2. The first-order valence-corrected chi connectivity index (χ1v) is 6.06. The van der Waals surface area contributed by atoms with Gasteiger partial charge in [0.15, 0.2) is 0 Å². The summed E-state index contributed by atoms with van der Waals surface area (Å²) in [5.74, 6) is -1.36. The minimum Gasteiger partial charge on any atom is -0.299 e. The summed E-state index contributed by atoms with van der Waals surface area (Å²) in [6, 6.07) is 10.8. The van der Waals surface area contributed by atoms with Gasteiger partial charge in [0.1, 0.15) is 17.4 Å². The summed E-state index contributed by atoms with van der Waals surface area (Å²) in [6.45, 7) is 1.93. The smallest absolute Gasteiger partial charge is 0.141 e. The zero-order chi connectivity index (χ0) is 13.8. The molecular weight excluding hydrogens is 246 g/mol. The highest BCUT2D eigenvalue weighted by atomic mass is 19.1. The molecule has 0 heterocycles. The minimum atomic E-state index is -0.654. The van der Waals surface area contributed by atoms with Gasteiger partial charge in [0, 0.05) is 18.9 Å². The molecule has 0 spiro atoms. The van der Waals surface area contributed by atoms with Crippen molar-refractivity contribution in [3.05, 3.63) is 70.8 Å². The van der Waals surface area contributed by atoms with E-state index >= 15 is 0 Å². The third-order valence-corrected chi connectivity index (χ3v) is 2.97. The molecule has 0 unspecified atom stereocenters. The number of carbonyl (C=O) groups excluding carboxylic acids is 1. The lowest BCUT2D eigenvalue weighted by Crippen LogP contribution is -2.08. The molecule has 0 aliphatic carbocycles. The lowest BCUT2D eigenvalue weighted by atomic mass is 9.99. The highest BCUT2D eigenvalue weighted by Crippen LogP contribution is 2.12. The number of ketones is 1. The van der Waals surface area contributed by atoms with Crippen LogP contribution in [0.2, 0.25) is 0 Å². The van der Waals surface area contributed by atoms with Crippen LogP contribution in [0.1, 0.15) is 16.7 Å². The Balaban J connectivity index is 2.07. The Labute approximate surface area is 110 Å². The fourth-order valence-electron chi connectivity index (χ4n) is 2.02. The van der Waals surface area contributed by atoms with Gasteiger partial charge in [-0.2, -0.15) is 0 Å². The van der Waals surface area contributed by atoms with Crippen LogP contribution in [-0.4, -0.2) is 5.78 Å². The molecule has 0 aromatic heterocycles. The molecule has 0 N–H and O–H groups in total. The van der Waals surface area contributed by atoms with Gasteiger partial charge in [0.2, 0.25) is 0 Å². The normalized spacial score (nSPS) is 10.5. The van der Waals surface area contributed by atoms with E-state index in [2.05, 4.69) is 0 Å². The monoisotopic (exact) mass is 260 g/mol. The number of Topliss-reactive ketones (excluding diaryl/α,β-unsaturated/α-hetero) is 1. The Morgan fingerprint density at radius 1 is 1.00 bits per heavy atom. The van der Waals surface area contributed by atoms with E-state index < -0.39 is 11.6 Å². The molecule has 2 aromatic carbocycles. The van der Waals surface area contributed by atoms with Crippen molar-refractivity contribution in [2.45, 2.75) is 19.8 Å². The van der Waals surface area contributed by atoms with E-state index in [4.69, 9.17) is 0 Å². The van der Waals surface area contributed by atoms with Gasteiger partial charge in [0.05, 0.1) is 0 Å². The van der Waals surface area contributed by atoms with Crippen LogP contribution in [0.4, 0.5) is 8.78 Å². The molecule has 0 bridgehead atoms. The van der Waals surface area contributed by atoms with Crippen LogP contribution in [0.3, 0.4) is 0 Å². The Morgan fingerprint density at radius 2 is 1.63 bits per heavy atom. The first-order chi connectivity index (χ1) is 9.04. The van der Waals surface area contributed by atoms with E-state index in [1.165, 1.54) is 12.1 Å². The first kappa shape index (κ1) is 13.4. The zero-order valence-corrected chi connectivity index (χ0v) is 10.6. The number of rotatable bonds is 4. The Kier molecular flexibility index (Phi) is 4.05. The molecule has 19 heavy (non-hydrogen) atoms. The molecule has 0 fully saturated rings. The molecule has 0 amide bonds. The van der Waals surface area contributed by atoms with Crippen molar-refractivity contribution >= 4 is 5.78 Å². The van der Waals surface area contributed by atoms with Crippen molar-refractivity contribution in [3.63, 3.8) is 0 Å². The van der Waals surface area contributed by atoms with Crippen LogP contribution in [0, 0.1) is 18.6 Å². The topological polar surface area (TPSA) is 17.1 Å². The van der Waals surface area contributed by atoms with Gasteiger partial charge in [-0.15, -0.1) is 0 Å². The number of aryl methyl sites for hydroxylation is 1. The second kappa shape index (κ2) is 5.74. The van der Waals surface area contributed by atoms with Crippen molar-refractivity contribution in [2.75, 3.05) is 0 Å². The van der Waals surface area contributed by atoms with E-state index in [9.17, 15) is 13.6 Å². The molecule has 2 aromatic rings. The Bertz CT molecular complexity index is 585. The van der Waals surface area contributed by atoms with E-state index in [0.29, 0.717) is 5.56 Å². The van der Waals surface area contributed by atoms with Crippen LogP contribution in [0.15, 0.2) is 42.5 Å². The van der Waals surface area contributed by atoms with Gasteiger partial charge in [-0.3, -0.25) is 4.79 Å². The van der Waals surface area contributed by atoms with Gasteiger partial charge in [-0.25, -0.2) is 8.78 Å². The van der Waals surface area contributed by atoms with E-state index in [-0.39, 0.29) is 18.6 Å². The Morgan fingerprint density at radius 3 is 2.26 bits per heavy atom. The lowest BCUT2D eigenvalue weighted by Gasteiger charge is -2.05. The number of hydrogen-bond donors (Lipinski definition) is 0. The van der Waals surface area contributed by atoms with Crippen molar-refractivity contribution in [1.29, 1.82) is 0 Å². The maximum Gasteiger partial charge on any atom is 0.141 e. The summed E-state index contributed by atoms with van der Waals surface area (Å²) >= 11 is 0. The van der Waals surface area contributed by atoms with Crippen molar-refractivity contribution in [1.82, 2.24) is 0 Å². The summed E-state index contributed by atoms with van der Waals surface area (Å²) in [5.41, 5.74) is 2.36. The predicted octanol–water partition coefficient (Wildman–Crippen LogP) is 3.63. The van der Waals surface area contributed by atoms with Gasteiger partial charge in [-0.1, -0.05) is 24.3 Å². The molecule has 98 valence electrons. The summed E-state index contributed by atoms with van der Waals surface area (Å²) in [7, 11) is 0. The fourth-order valence-corrected chi connectivity index (χ4v) is 2.02. The third kappa shape index (κ3) is 3.71. The largest absolute Gasteiger partial charge is 0.299 e.